The van der Waals surface area contributed by atoms with Gasteiger partial charge < -0.3 is 5.32 Å². The number of hydrazine groups is 1. The van der Waals surface area contributed by atoms with Crippen LogP contribution < -0.4 is 10.7 Å². The van der Waals surface area contributed by atoms with Crippen molar-refractivity contribution in [3.63, 3.8) is 0 Å². The molecule has 3 aromatic rings. The minimum atomic E-state index is -2.36. The van der Waals surface area contributed by atoms with Crippen molar-refractivity contribution in [2.45, 2.75) is 6.42 Å². The molecule has 0 aliphatic rings. The number of benzene rings is 1. The Hall–Kier alpha value is -2.37. The third-order valence-electron chi connectivity index (χ3n) is 4.00. The Kier molecular flexibility index (Phi) is 7.16. The quantitative estimate of drug-likeness (QED) is 0.337. The molecule has 12 heteroatoms. The van der Waals surface area contributed by atoms with E-state index in [9.17, 15) is 13.0 Å². The molecule has 2 heterocycles. The van der Waals surface area contributed by atoms with Crippen LogP contribution in [0.3, 0.4) is 0 Å². The summed E-state index contributed by atoms with van der Waals surface area (Å²) in [5, 5.41) is 3.33. The van der Waals surface area contributed by atoms with Crippen LogP contribution in [0.15, 0.2) is 42.9 Å². The van der Waals surface area contributed by atoms with E-state index in [1.807, 2.05) is 0 Å². The van der Waals surface area contributed by atoms with Gasteiger partial charge in [0, 0.05) is 30.9 Å². The maximum Gasteiger partial charge on any atom is 0.253 e. The molecule has 0 aliphatic heterocycles. The van der Waals surface area contributed by atoms with Crippen molar-refractivity contribution in [3.8, 4) is 0 Å². The summed E-state index contributed by atoms with van der Waals surface area (Å²) in [5.41, 5.74) is 3.58. The molecule has 3 N–H and O–H groups in total. The molecule has 1 atom stereocenters. The van der Waals surface area contributed by atoms with Crippen molar-refractivity contribution in [1.29, 1.82) is 0 Å². The van der Waals surface area contributed by atoms with Crippen LogP contribution in [0, 0.1) is 11.6 Å². The van der Waals surface area contributed by atoms with E-state index in [4.69, 9.17) is 27.8 Å². The summed E-state index contributed by atoms with van der Waals surface area (Å²) in [4.78, 5) is 7.91. The lowest BCUT2D eigenvalue weighted by Gasteiger charge is -2.16. The van der Waals surface area contributed by atoms with Gasteiger partial charge in [0.05, 0.1) is 22.6 Å². The van der Waals surface area contributed by atoms with Crippen LogP contribution in [0.25, 0.3) is 0 Å². The number of aromatic nitrogens is 2. The van der Waals surface area contributed by atoms with Crippen LogP contribution in [0.4, 0.5) is 26.0 Å². The van der Waals surface area contributed by atoms with E-state index < -0.39 is 22.9 Å². The molecule has 0 saturated carbocycles. The first-order valence-electron chi connectivity index (χ1n) is 8.35. The van der Waals surface area contributed by atoms with Crippen molar-refractivity contribution in [2.24, 2.45) is 0 Å². The number of hydrogen-bond donors (Lipinski definition) is 3. The Labute approximate surface area is 183 Å². The molecule has 0 spiro atoms. The lowest BCUT2D eigenvalue weighted by atomic mass is 10.1. The molecule has 0 fully saturated rings. The zero-order valence-electron chi connectivity index (χ0n) is 15.4. The van der Waals surface area contributed by atoms with Crippen molar-refractivity contribution in [1.82, 2.24) is 14.4 Å². The Balaban J connectivity index is 1.86. The molecule has 1 aromatic carbocycles. The molecule has 0 radical (unpaired) electrons. The van der Waals surface area contributed by atoms with Gasteiger partial charge in [0.15, 0.2) is 11.6 Å². The lowest BCUT2D eigenvalue weighted by Crippen LogP contribution is -2.28. The van der Waals surface area contributed by atoms with Crippen LogP contribution in [-0.4, -0.2) is 30.2 Å². The number of anilines is 3. The number of hydrogen-bond acceptors (Lipinski definition) is 5. The number of rotatable bonds is 7. The predicted molar refractivity (Wildman–Crippen MR) is 113 cm³/mol. The van der Waals surface area contributed by atoms with Gasteiger partial charge in [-0.25, -0.2) is 18.0 Å². The highest BCUT2D eigenvalue weighted by molar-refractivity contribution is 7.76. The van der Waals surface area contributed by atoms with Gasteiger partial charge in [0.1, 0.15) is 5.82 Å². The minimum Gasteiger partial charge on any atom is -0.351 e. The monoisotopic (exact) mass is 473 g/mol. The number of pyridine rings is 2. The molecule has 0 saturated heterocycles. The molecule has 3 rings (SSSR count). The van der Waals surface area contributed by atoms with Crippen LogP contribution in [0.1, 0.15) is 11.1 Å². The highest BCUT2D eigenvalue weighted by atomic mass is 35.5. The summed E-state index contributed by atoms with van der Waals surface area (Å²) < 4.78 is 49.7. The van der Waals surface area contributed by atoms with Crippen molar-refractivity contribution >= 4 is 51.7 Å². The second-order valence-corrected chi connectivity index (χ2v) is 7.88. The van der Waals surface area contributed by atoms with Crippen LogP contribution in [-0.2, 0) is 17.7 Å². The number of nitrogens with zero attached hydrogens (tertiary/aromatic N) is 3. The normalized spacial score (nSPS) is 12.1. The first-order chi connectivity index (χ1) is 14.3. The van der Waals surface area contributed by atoms with Gasteiger partial charge >= 0.3 is 0 Å². The molecule has 30 heavy (non-hydrogen) atoms. The van der Waals surface area contributed by atoms with Crippen molar-refractivity contribution < 1.29 is 17.5 Å². The fourth-order valence-electron chi connectivity index (χ4n) is 2.53. The standard InChI is InChI=1S/C18H15Cl2F2N5O2S/c1-27(30(28)29)26-18-17(22)10(4-5-24-18)6-11-8-23-9-15(16(11)20)25-14-3-2-12(19)7-13(14)21/h2-5,7-9,25H,6H2,1H3,(H,24,26)(H,28,29). The molecule has 2 aromatic heterocycles. The Bertz CT molecular complexity index is 1110. The first-order valence-corrected chi connectivity index (χ1v) is 10.2. The summed E-state index contributed by atoms with van der Waals surface area (Å²) in [5.74, 6) is -1.50. The summed E-state index contributed by atoms with van der Waals surface area (Å²) in [6, 6.07) is 5.59. The third-order valence-corrected chi connectivity index (χ3v) is 5.24. The largest absolute Gasteiger partial charge is 0.351 e. The lowest BCUT2D eigenvalue weighted by molar-refractivity contribution is 0.482. The molecular weight excluding hydrogens is 459 g/mol. The average Bonchev–Trinajstić information content (AvgIpc) is 2.69. The van der Waals surface area contributed by atoms with Gasteiger partial charge in [0.2, 0.25) is 0 Å². The first kappa shape index (κ1) is 22.3. The fourth-order valence-corrected chi connectivity index (χ4v) is 3.06. The SMILES string of the molecule is CN(Nc1nccc(Cc2cncc(Nc3ccc(Cl)cc3F)c2Cl)c1F)S(=O)O. The van der Waals surface area contributed by atoms with E-state index in [1.54, 1.807) is 0 Å². The van der Waals surface area contributed by atoms with Crippen LogP contribution in [0.5, 0.6) is 0 Å². The molecule has 158 valence electrons. The van der Waals surface area contributed by atoms with Crippen molar-refractivity contribution in [3.05, 3.63) is 75.7 Å². The van der Waals surface area contributed by atoms with E-state index >= 15 is 0 Å². The molecule has 0 amide bonds. The third kappa shape index (κ3) is 5.21. The van der Waals surface area contributed by atoms with Crippen molar-refractivity contribution in [2.75, 3.05) is 17.8 Å². The Morgan fingerprint density at radius 2 is 1.93 bits per heavy atom. The second-order valence-electron chi connectivity index (χ2n) is 6.06. The van der Waals surface area contributed by atoms with E-state index in [0.29, 0.717) is 11.3 Å². The molecule has 0 aliphatic carbocycles. The van der Waals surface area contributed by atoms with Gasteiger partial charge in [0.25, 0.3) is 11.3 Å². The van der Waals surface area contributed by atoms with Gasteiger partial charge in [-0.2, -0.15) is 0 Å². The second kappa shape index (κ2) is 9.63. The molecule has 1 unspecified atom stereocenters. The number of halogens is 4. The Morgan fingerprint density at radius 1 is 1.17 bits per heavy atom. The van der Waals surface area contributed by atoms with Crippen LogP contribution in [0.2, 0.25) is 10.0 Å². The average molecular weight is 474 g/mol. The summed E-state index contributed by atoms with van der Waals surface area (Å²) in [6.07, 6.45) is 4.29. The highest BCUT2D eigenvalue weighted by Crippen LogP contribution is 2.31. The fraction of sp³-hybridized carbons (Fsp3) is 0.111. The molecular formula is C18H15Cl2F2N5O2S. The van der Waals surface area contributed by atoms with Gasteiger partial charge in [-0.3, -0.25) is 15.0 Å². The zero-order valence-corrected chi connectivity index (χ0v) is 17.7. The molecule has 7 nitrogen and oxygen atoms in total. The van der Waals surface area contributed by atoms with E-state index in [2.05, 4.69) is 20.7 Å². The van der Waals surface area contributed by atoms with Gasteiger partial charge in [-0.05, 0) is 35.4 Å². The summed E-state index contributed by atoms with van der Waals surface area (Å²) in [6.45, 7) is 0. The minimum absolute atomic E-state index is 0.0550. The van der Waals surface area contributed by atoms with E-state index in [0.717, 1.165) is 10.5 Å². The number of nitrogens with one attached hydrogen (secondary N) is 2. The maximum atomic E-state index is 14.8. The van der Waals surface area contributed by atoms with E-state index in [1.165, 1.54) is 43.8 Å². The maximum absolute atomic E-state index is 14.8. The smallest absolute Gasteiger partial charge is 0.253 e. The van der Waals surface area contributed by atoms with Gasteiger partial charge in [-0.15, -0.1) is 4.41 Å². The summed E-state index contributed by atoms with van der Waals surface area (Å²) in [7, 11) is 1.26. The Morgan fingerprint density at radius 3 is 2.63 bits per heavy atom. The highest BCUT2D eigenvalue weighted by Gasteiger charge is 2.16. The van der Waals surface area contributed by atoms with Gasteiger partial charge in [-0.1, -0.05) is 23.2 Å². The summed E-state index contributed by atoms with van der Waals surface area (Å²) >= 11 is 9.83. The van der Waals surface area contributed by atoms with E-state index in [-0.39, 0.29) is 33.5 Å². The zero-order chi connectivity index (χ0) is 21.8. The predicted octanol–water partition coefficient (Wildman–Crippen LogP) is 4.79. The topological polar surface area (TPSA) is 90.4 Å². The molecule has 0 bridgehead atoms. The van der Waals surface area contributed by atoms with Crippen LogP contribution >= 0.6 is 23.2 Å².